The number of hydrogen-bond acceptors (Lipinski definition) is 6. The molecule has 2 amide bonds. The van der Waals surface area contributed by atoms with Gasteiger partial charge >= 0.3 is 12.2 Å². The van der Waals surface area contributed by atoms with Crippen molar-refractivity contribution >= 4 is 17.5 Å². The second kappa shape index (κ2) is 12.1. The standard InChI is InChI=1S/C24H31F3N6O2/c1-33(2)14-6-13-28-20-15-19(24(25,26)27)30-22(31-20)32-23(35)29-18-11-9-17(10-12-18)21(34)16-7-4-3-5-8-16/h3-5,7-12,19-20,22,28,30-31H,6,13-15H2,1-2H3,(H2,29,32,35). The molecule has 35 heavy (non-hydrogen) atoms. The Morgan fingerprint density at radius 1 is 1.00 bits per heavy atom. The fraction of sp³-hybridized carbons (Fsp3) is 0.417. The van der Waals surface area contributed by atoms with Crippen molar-refractivity contribution in [2.45, 2.75) is 37.5 Å². The molecule has 0 spiro atoms. The summed E-state index contributed by atoms with van der Waals surface area (Å²) in [5, 5.41) is 13.5. The van der Waals surface area contributed by atoms with E-state index in [1.165, 1.54) is 0 Å². The lowest BCUT2D eigenvalue weighted by Gasteiger charge is -2.38. The van der Waals surface area contributed by atoms with Gasteiger partial charge in [-0.25, -0.2) is 4.79 Å². The smallest absolute Gasteiger partial charge is 0.310 e. The monoisotopic (exact) mass is 492 g/mol. The summed E-state index contributed by atoms with van der Waals surface area (Å²) in [5.74, 6) is -0.153. The Morgan fingerprint density at radius 3 is 2.29 bits per heavy atom. The summed E-state index contributed by atoms with van der Waals surface area (Å²) in [6, 6.07) is 12.6. The molecule has 1 aliphatic rings. The molecule has 0 radical (unpaired) electrons. The maximum Gasteiger partial charge on any atom is 0.404 e. The normalized spacial score (nSPS) is 20.5. The number of alkyl halides is 3. The number of nitrogens with one attached hydrogen (secondary N) is 5. The van der Waals surface area contributed by atoms with Crippen LogP contribution >= 0.6 is 0 Å². The number of carbonyl (C=O) groups is 2. The predicted octanol–water partition coefficient (Wildman–Crippen LogP) is 2.70. The van der Waals surface area contributed by atoms with E-state index < -0.39 is 30.7 Å². The van der Waals surface area contributed by atoms with Gasteiger partial charge in [0.15, 0.2) is 5.78 Å². The molecule has 0 aromatic heterocycles. The molecule has 3 rings (SSSR count). The number of carbonyl (C=O) groups excluding carboxylic acids is 2. The van der Waals surface area contributed by atoms with Gasteiger partial charge in [-0.15, -0.1) is 0 Å². The molecule has 5 N–H and O–H groups in total. The minimum atomic E-state index is -4.46. The molecule has 2 aromatic rings. The summed E-state index contributed by atoms with van der Waals surface area (Å²) < 4.78 is 40.2. The Morgan fingerprint density at radius 2 is 1.66 bits per heavy atom. The number of benzene rings is 2. The zero-order valence-corrected chi connectivity index (χ0v) is 19.7. The first-order valence-corrected chi connectivity index (χ1v) is 11.4. The van der Waals surface area contributed by atoms with Gasteiger partial charge in [-0.3, -0.25) is 15.4 Å². The van der Waals surface area contributed by atoms with Crippen LogP contribution in [0.25, 0.3) is 0 Å². The maximum absolute atomic E-state index is 13.4. The minimum Gasteiger partial charge on any atom is -0.310 e. The molecule has 1 fully saturated rings. The van der Waals surface area contributed by atoms with E-state index in [1.54, 1.807) is 48.5 Å². The predicted molar refractivity (Wildman–Crippen MR) is 128 cm³/mol. The molecule has 3 atom stereocenters. The van der Waals surface area contributed by atoms with Gasteiger partial charge in [-0.1, -0.05) is 30.3 Å². The van der Waals surface area contributed by atoms with Crippen LogP contribution in [0.2, 0.25) is 0 Å². The molecule has 190 valence electrons. The summed E-state index contributed by atoms with van der Waals surface area (Å²) in [6.07, 6.45) is -5.61. The zero-order chi connectivity index (χ0) is 25.4. The Hall–Kier alpha value is -2.99. The molecule has 1 heterocycles. The van der Waals surface area contributed by atoms with Gasteiger partial charge in [-0.05, 0) is 57.9 Å². The van der Waals surface area contributed by atoms with Crippen LogP contribution in [0.1, 0.15) is 28.8 Å². The Balaban J connectivity index is 1.55. The van der Waals surface area contributed by atoms with Crippen molar-refractivity contribution in [1.29, 1.82) is 0 Å². The number of amides is 2. The van der Waals surface area contributed by atoms with Gasteiger partial charge in [0.05, 0.1) is 6.17 Å². The third-order valence-electron chi connectivity index (χ3n) is 5.49. The van der Waals surface area contributed by atoms with Gasteiger partial charge in [0.1, 0.15) is 12.3 Å². The largest absolute Gasteiger partial charge is 0.404 e. The van der Waals surface area contributed by atoms with Crippen LogP contribution in [0.3, 0.4) is 0 Å². The van der Waals surface area contributed by atoms with E-state index in [2.05, 4.69) is 26.6 Å². The molecule has 3 unspecified atom stereocenters. The minimum absolute atomic E-state index is 0.153. The second-order valence-corrected chi connectivity index (χ2v) is 8.63. The van der Waals surface area contributed by atoms with E-state index in [4.69, 9.17) is 0 Å². The molecule has 0 saturated carbocycles. The first-order valence-electron chi connectivity index (χ1n) is 11.4. The van der Waals surface area contributed by atoms with Gasteiger partial charge in [0.2, 0.25) is 0 Å². The Kier molecular flexibility index (Phi) is 9.21. The van der Waals surface area contributed by atoms with E-state index >= 15 is 0 Å². The summed E-state index contributed by atoms with van der Waals surface area (Å²) >= 11 is 0. The highest BCUT2D eigenvalue weighted by Crippen LogP contribution is 2.25. The summed E-state index contributed by atoms with van der Waals surface area (Å²) in [7, 11) is 3.85. The number of urea groups is 1. The topological polar surface area (TPSA) is 97.5 Å². The lowest BCUT2D eigenvalue weighted by molar-refractivity contribution is -0.167. The second-order valence-electron chi connectivity index (χ2n) is 8.63. The summed E-state index contributed by atoms with van der Waals surface area (Å²) in [4.78, 5) is 26.9. The Bertz CT molecular complexity index is 969. The van der Waals surface area contributed by atoms with Crippen molar-refractivity contribution < 1.29 is 22.8 Å². The van der Waals surface area contributed by atoms with E-state index in [0.29, 0.717) is 23.4 Å². The van der Waals surface area contributed by atoms with Gasteiger partial charge in [-0.2, -0.15) is 13.2 Å². The third-order valence-corrected chi connectivity index (χ3v) is 5.49. The zero-order valence-electron chi connectivity index (χ0n) is 19.7. The van der Waals surface area contributed by atoms with Crippen molar-refractivity contribution in [2.75, 3.05) is 32.5 Å². The molecular formula is C24H31F3N6O2. The molecule has 1 aliphatic heterocycles. The summed E-state index contributed by atoms with van der Waals surface area (Å²) in [5.41, 5.74) is 1.40. The van der Waals surface area contributed by atoms with E-state index in [9.17, 15) is 22.8 Å². The first-order chi connectivity index (χ1) is 16.6. The van der Waals surface area contributed by atoms with E-state index in [1.807, 2.05) is 25.1 Å². The SMILES string of the molecule is CN(C)CCCNC1CC(C(F)(F)F)NC(NC(=O)Nc2ccc(C(=O)c3ccccc3)cc2)N1. The van der Waals surface area contributed by atoms with E-state index in [-0.39, 0.29) is 12.2 Å². The molecular weight excluding hydrogens is 461 g/mol. The Labute approximate surface area is 202 Å². The highest BCUT2D eigenvalue weighted by Gasteiger charge is 2.44. The van der Waals surface area contributed by atoms with Gasteiger partial charge < -0.3 is 20.9 Å². The quantitative estimate of drug-likeness (QED) is 0.273. The van der Waals surface area contributed by atoms with Crippen LogP contribution in [-0.4, -0.2) is 68.6 Å². The van der Waals surface area contributed by atoms with Crippen LogP contribution in [-0.2, 0) is 0 Å². The number of halogens is 3. The molecule has 8 nitrogen and oxygen atoms in total. The average Bonchev–Trinajstić information content (AvgIpc) is 2.81. The summed E-state index contributed by atoms with van der Waals surface area (Å²) in [6.45, 7) is 1.34. The number of ketones is 1. The van der Waals surface area contributed by atoms with Crippen LogP contribution in [0.15, 0.2) is 54.6 Å². The highest BCUT2D eigenvalue weighted by atomic mass is 19.4. The van der Waals surface area contributed by atoms with Gasteiger partial charge in [0.25, 0.3) is 0 Å². The van der Waals surface area contributed by atoms with Crippen LogP contribution in [0.5, 0.6) is 0 Å². The number of anilines is 1. The van der Waals surface area contributed by atoms with Crippen LogP contribution in [0.4, 0.5) is 23.7 Å². The third kappa shape index (κ3) is 8.32. The number of hydrogen-bond donors (Lipinski definition) is 5. The van der Waals surface area contributed by atoms with E-state index in [0.717, 1.165) is 13.0 Å². The molecule has 2 aromatic carbocycles. The molecule has 0 aliphatic carbocycles. The average molecular weight is 493 g/mol. The van der Waals surface area contributed by atoms with Crippen molar-refractivity contribution in [1.82, 2.24) is 26.2 Å². The van der Waals surface area contributed by atoms with Gasteiger partial charge in [0, 0.05) is 23.2 Å². The number of rotatable bonds is 9. The maximum atomic E-state index is 13.4. The lowest BCUT2D eigenvalue weighted by atomic mass is 10.0. The van der Waals surface area contributed by atoms with Crippen LogP contribution < -0.4 is 26.6 Å². The first kappa shape index (κ1) is 26.6. The van der Waals surface area contributed by atoms with Crippen molar-refractivity contribution in [3.8, 4) is 0 Å². The molecule has 11 heteroatoms. The highest BCUT2D eigenvalue weighted by molar-refractivity contribution is 6.09. The van der Waals surface area contributed by atoms with Crippen LogP contribution in [0, 0.1) is 0 Å². The van der Waals surface area contributed by atoms with Crippen molar-refractivity contribution in [3.05, 3.63) is 65.7 Å². The number of nitrogens with zero attached hydrogens (tertiary/aromatic N) is 1. The van der Waals surface area contributed by atoms with Crippen molar-refractivity contribution in [2.24, 2.45) is 0 Å². The fourth-order valence-electron chi connectivity index (χ4n) is 3.71. The molecule has 1 saturated heterocycles. The van der Waals surface area contributed by atoms with Crippen molar-refractivity contribution in [3.63, 3.8) is 0 Å². The fourth-order valence-corrected chi connectivity index (χ4v) is 3.71. The molecule has 0 bridgehead atoms. The lowest BCUT2D eigenvalue weighted by Crippen LogP contribution is -2.70.